The van der Waals surface area contributed by atoms with Crippen LogP contribution in [0.4, 0.5) is 5.69 Å². The van der Waals surface area contributed by atoms with Crippen molar-refractivity contribution in [1.82, 2.24) is 9.13 Å². The van der Waals surface area contributed by atoms with Gasteiger partial charge in [0.2, 0.25) is 5.69 Å². The second-order valence-electron chi connectivity index (χ2n) is 12.3. The first-order valence-electron chi connectivity index (χ1n) is 16.3. The lowest BCUT2D eigenvalue weighted by molar-refractivity contribution is 1.18. The van der Waals surface area contributed by atoms with Gasteiger partial charge in [0.1, 0.15) is 0 Å². The third kappa shape index (κ3) is 4.31. The second kappa shape index (κ2) is 11.4. The van der Waals surface area contributed by atoms with Crippen molar-refractivity contribution in [3.05, 3.63) is 174 Å². The molecule has 0 amide bonds. The van der Waals surface area contributed by atoms with E-state index in [1.54, 1.807) is 0 Å². The van der Waals surface area contributed by atoms with Gasteiger partial charge in [-0.2, -0.15) is 10.5 Å². The molecule has 0 spiro atoms. The number of nitriles is 2. The largest absolute Gasteiger partial charge is 0.319 e. The number of hydrogen-bond donors (Lipinski definition) is 0. The molecule has 5 heteroatoms. The fourth-order valence-electron chi connectivity index (χ4n) is 7.41. The van der Waals surface area contributed by atoms with Gasteiger partial charge in [-0.05, 0) is 71.1 Å². The van der Waals surface area contributed by atoms with Crippen LogP contribution in [0, 0.1) is 29.2 Å². The van der Waals surface area contributed by atoms with Crippen LogP contribution in [-0.4, -0.2) is 9.13 Å². The summed E-state index contributed by atoms with van der Waals surface area (Å²) in [5.74, 6) is 0. The van der Waals surface area contributed by atoms with E-state index in [0.717, 1.165) is 77.2 Å². The molecule has 0 aliphatic heterocycles. The SMILES string of the molecule is [C-]#[N+]c1cccc2c3ccccc3n(-c3ccc(-c4ccc(-c5ccccc5-n5c6ccccc6c6cc(C#N)ccc65)c(C#N)c4)cc3)c12. The summed E-state index contributed by atoms with van der Waals surface area (Å²) in [5.41, 5.74) is 11.5. The molecule has 0 aliphatic rings. The summed E-state index contributed by atoms with van der Waals surface area (Å²) in [6.45, 7) is 7.84. The van der Waals surface area contributed by atoms with Crippen LogP contribution in [0.15, 0.2) is 152 Å². The van der Waals surface area contributed by atoms with Crippen LogP contribution in [0.3, 0.4) is 0 Å². The molecule has 0 fully saturated rings. The van der Waals surface area contributed by atoms with E-state index in [-0.39, 0.29) is 0 Å². The Balaban J connectivity index is 1.15. The fourth-order valence-corrected chi connectivity index (χ4v) is 7.41. The van der Waals surface area contributed by atoms with E-state index in [0.29, 0.717) is 16.8 Å². The molecule has 0 atom stereocenters. The predicted octanol–water partition coefficient (Wildman–Crippen LogP) is 11.5. The van der Waals surface area contributed by atoms with Crippen LogP contribution in [0.5, 0.6) is 0 Å². The van der Waals surface area contributed by atoms with Crippen molar-refractivity contribution < 1.29 is 0 Å². The van der Waals surface area contributed by atoms with Crippen LogP contribution < -0.4 is 0 Å². The molecule has 9 aromatic rings. The molecule has 0 N–H and O–H groups in total. The zero-order chi connectivity index (χ0) is 33.8. The molecule has 0 saturated heterocycles. The number of nitrogens with zero attached hydrogens (tertiary/aromatic N) is 5. The molecular formula is C45H25N5. The number of aromatic nitrogens is 2. The summed E-state index contributed by atoms with van der Waals surface area (Å²) in [7, 11) is 0. The number of rotatable bonds is 4. The van der Waals surface area contributed by atoms with Crippen molar-refractivity contribution in [2.75, 3.05) is 0 Å². The van der Waals surface area contributed by atoms with Crippen molar-refractivity contribution in [2.24, 2.45) is 0 Å². The van der Waals surface area contributed by atoms with E-state index in [2.05, 4.69) is 98.9 Å². The monoisotopic (exact) mass is 635 g/mol. The van der Waals surface area contributed by atoms with Gasteiger partial charge in [0.15, 0.2) is 0 Å². The number of benzene rings is 7. The minimum atomic E-state index is 0.579. The lowest BCUT2D eigenvalue weighted by atomic mass is 9.94. The lowest BCUT2D eigenvalue weighted by Gasteiger charge is -2.16. The molecule has 50 heavy (non-hydrogen) atoms. The predicted molar refractivity (Wildman–Crippen MR) is 202 cm³/mol. The first-order chi connectivity index (χ1) is 24.7. The molecule has 5 nitrogen and oxygen atoms in total. The third-order valence-corrected chi connectivity index (χ3v) is 9.63. The van der Waals surface area contributed by atoms with Gasteiger partial charge in [-0.25, -0.2) is 4.85 Å². The summed E-state index contributed by atoms with van der Waals surface area (Å²) >= 11 is 0. The average molecular weight is 636 g/mol. The van der Waals surface area contributed by atoms with Crippen LogP contribution in [-0.2, 0) is 0 Å². The number of fused-ring (bicyclic) bond motifs is 6. The number of hydrogen-bond acceptors (Lipinski definition) is 2. The quantitative estimate of drug-likeness (QED) is 0.181. The van der Waals surface area contributed by atoms with Gasteiger partial charge >= 0.3 is 0 Å². The normalized spacial score (nSPS) is 11.1. The van der Waals surface area contributed by atoms with Gasteiger partial charge in [-0.15, -0.1) is 0 Å². The Bertz CT molecular complexity index is 2960. The summed E-state index contributed by atoms with van der Waals surface area (Å²) < 4.78 is 4.39. The van der Waals surface area contributed by atoms with Crippen molar-refractivity contribution >= 4 is 49.3 Å². The Hall–Kier alpha value is -7.39. The van der Waals surface area contributed by atoms with Gasteiger partial charge in [0.05, 0.1) is 57.6 Å². The van der Waals surface area contributed by atoms with Crippen molar-refractivity contribution in [1.29, 1.82) is 10.5 Å². The van der Waals surface area contributed by atoms with Crippen molar-refractivity contribution in [3.63, 3.8) is 0 Å². The topological polar surface area (TPSA) is 61.8 Å². The maximum atomic E-state index is 10.5. The Morgan fingerprint density at radius 2 is 1.16 bits per heavy atom. The first-order valence-corrected chi connectivity index (χ1v) is 16.3. The van der Waals surface area contributed by atoms with Crippen LogP contribution in [0.1, 0.15) is 11.1 Å². The molecule has 0 radical (unpaired) electrons. The molecule has 230 valence electrons. The molecule has 2 heterocycles. The molecular weight excluding hydrogens is 611 g/mol. The smallest absolute Gasteiger partial charge is 0.211 e. The van der Waals surface area contributed by atoms with Crippen LogP contribution >= 0.6 is 0 Å². The van der Waals surface area contributed by atoms with Gasteiger partial charge in [0.25, 0.3) is 0 Å². The highest BCUT2D eigenvalue weighted by molar-refractivity contribution is 6.13. The molecule has 9 rings (SSSR count). The molecule has 0 aliphatic carbocycles. The Morgan fingerprint density at radius 3 is 1.92 bits per heavy atom. The summed E-state index contributed by atoms with van der Waals surface area (Å²) in [4.78, 5) is 3.84. The maximum Gasteiger partial charge on any atom is 0.211 e. The molecule has 0 saturated carbocycles. The first kappa shape index (κ1) is 28.8. The summed E-state index contributed by atoms with van der Waals surface area (Å²) in [5, 5.41) is 24.3. The Labute approximate surface area is 288 Å². The zero-order valence-corrected chi connectivity index (χ0v) is 26.7. The standard InChI is InChI=1S/C45H25N5/c1-48-40-13-8-12-38-36-10-3-5-14-41(36)49(45(38)40)33-21-18-30(19-22-33)31-20-23-34(32(26-31)28-47)35-9-2-6-15-42(35)50-43-16-7-4-11-37(43)39-25-29(27-46)17-24-44(39)50/h2-26H. The van der Waals surface area contributed by atoms with E-state index >= 15 is 0 Å². The van der Waals surface area contributed by atoms with Crippen LogP contribution in [0.25, 0.3) is 82.1 Å². The van der Waals surface area contributed by atoms with Gasteiger partial charge in [-0.3, -0.25) is 0 Å². The van der Waals surface area contributed by atoms with E-state index in [1.807, 2.05) is 78.9 Å². The molecule has 0 bridgehead atoms. The zero-order valence-electron chi connectivity index (χ0n) is 26.7. The van der Waals surface area contributed by atoms with E-state index < -0.39 is 0 Å². The van der Waals surface area contributed by atoms with Crippen molar-refractivity contribution in [2.45, 2.75) is 0 Å². The Morgan fingerprint density at radius 1 is 0.500 bits per heavy atom. The second-order valence-corrected chi connectivity index (χ2v) is 12.3. The summed E-state index contributed by atoms with van der Waals surface area (Å²) in [6.07, 6.45) is 0. The summed E-state index contributed by atoms with van der Waals surface area (Å²) in [6, 6.07) is 55.5. The lowest BCUT2D eigenvalue weighted by Crippen LogP contribution is -1.98. The molecule has 0 unspecified atom stereocenters. The van der Waals surface area contributed by atoms with Gasteiger partial charge in [-0.1, -0.05) is 97.1 Å². The molecule has 7 aromatic carbocycles. The number of para-hydroxylation sites is 4. The molecule has 2 aromatic heterocycles. The average Bonchev–Trinajstić information content (AvgIpc) is 3.70. The highest BCUT2D eigenvalue weighted by Gasteiger charge is 2.19. The maximum absolute atomic E-state index is 10.5. The van der Waals surface area contributed by atoms with Gasteiger partial charge < -0.3 is 9.13 Å². The van der Waals surface area contributed by atoms with E-state index in [4.69, 9.17) is 6.57 Å². The van der Waals surface area contributed by atoms with E-state index in [9.17, 15) is 10.5 Å². The Kier molecular flexibility index (Phi) is 6.56. The minimum absolute atomic E-state index is 0.579. The fraction of sp³-hybridized carbons (Fsp3) is 0. The third-order valence-electron chi connectivity index (χ3n) is 9.63. The van der Waals surface area contributed by atoms with Crippen LogP contribution in [0.2, 0.25) is 0 Å². The minimum Gasteiger partial charge on any atom is -0.319 e. The highest BCUT2D eigenvalue weighted by Crippen LogP contribution is 2.40. The van der Waals surface area contributed by atoms with Crippen molar-refractivity contribution in [3.8, 4) is 45.8 Å². The van der Waals surface area contributed by atoms with Gasteiger partial charge in [0, 0.05) is 33.0 Å². The highest BCUT2D eigenvalue weighted by atomic mass is 15.0. The van der Waals surface area contributed by atoms with E-state index in [1.165, 1.54) is 0 Å².